The highest BCUT2D eigenvalue weighted by Gasteiger charge is 2.27. The van der Waals surface area contributed by atoms with Crippen molar-refractivity contribution >= 4 is 29.9 Å². The molecule has 0 spiro atoms. The molecule has 166 valence electrons. The Labute approximate surface area is 193 Å². The zero-order valence-electron chi connectivity index (χ0n) is 18.7. The number of likely N-dealkylation sites (tertiary alicyclic amines) is 1. The number of methoxy groups -OCH3 is 2. The Kier molecular flexibility index (Phi) is 11.7. The van der Waals surface area contributed by atoms with Crippen LogP contribution in [0.4, 0.5) is 0 Å². The smallest absolute Gasteiger partial charge is 0.193 e. The highest BCUT2D eigenvalue weighted by atomic mass is 127. The first-order valence-electron chi connectivity index (χ1n) is 10.3. The predicted octanol–water partition coefficient (Wildman–Crippen LogP) is 4.14. The van der Waals surface area contributed by atoms with Crippen molar-refractivity contribution in [2.45, 2.75) is 45.6 Å². The molecule has 0 aliphatic carbocycles. The molecule has 1 saturated heterocycles. The fourth-order valence-electron chi connectivity index (χ4n) is 3.77. The van der Waals surface area contributed by atoms with Crippen molar-refractivity contribution in [2.24, 2.45) is 10.9 Å². The normalized spacial score (nSPS) is 17.8. The third-order valence-electron chi connectivity index (χ3n) is 5.38. The summed E-state index contributed by atoms with van der Waals surface area (Å²) in [4.78, 5) is 6.83. The number of rotatable bonds is 9. The van der Waals surface area contributed by atoms with E-state index in [4.69, 9.17) is 14.2 Å². The van der Waals surface area contributed by atoms with Gasteiger partial charge in [-0.3, -0.25) is 4.99 Å². The van der Waals surface area contributed by atoms with Crippen molar-refractivity contribution in [1.29, 1.82) is 0 Å². The summed E-state index contributed by atoms with van der Waals surface area (Å²) in [5.41, 5.74) is 1.25. The van der Waals surface area contributed by atoms with Gasteiger partial charge in [0.1, 0.15) is 11.5 Å². The van der Waals surface area contributed by atoms with Gasteiger partial charge in [0, 0.05) is 45.3 Å². The number of benzene rings is 1. The standard InChI is InChI=1S/C22H37N3O3.HI/c1-7-28-21(16(2)3)8-10-24-22(23-4)25-11-9-17(15-25)18-12-19(26-5)14-20(13-18)27-6;/h12-14,16-17,21H,7-11,15H2,1-6H3,(H,23,24);1H. The van der Waals surface area contributed by atoms with Gasteiger partial charge in [0.2, 0.25) is 0 Å². The molecule has 7 heteroatoms. The van der Waals surface area contributed by atoms with E-state index in [-0.39, 0.29) is 30.1 Å². The van der Waals surface area contributed by atoms with E-state index in [0.29, 0.717) is 11.8 Å². The van der Waals surface area contributed by atoms with E-state index in [1.165, 1.54) is 5.56 Å². The van der Waals surface area contributed by atoms with Crippen LogP contribution in [0.1, 0.15) is 45.1 Å². The van der Waals surface area contributed by atoms with Gasteiger partial charge in [-0.1, -0.05) is 13.8 Å². The van der Waals surface area contributed by atoms with E-state index >= 15 is 0 Å². The molecule has 1 aliphatic rings. The summed E-state index contributed by atoms with van der Waals surface area (Å²) < 4.78 is 16.7. The fourth-order valence-corrected chi connectivity index (χ4v) is 3.77. The fraction of sp³-hybridized carbons (Fsp3) is 0.682. The Bertz CT molecular complexity index is 617. The van der Waals surface area contributed by atoms with Crippen molar-refractivity contribution < 1.29 is 14.2 Å². The molecule has 0 radical (unpaired) electrons. The van der Waals surface area contributed by atoms with Crippen molar-refractivity contribution in [3.8, 4) is 11.5 Å². The van der Waals surface area contributed by atoms with E-state index < -0.39 is 0 Å². The quantitative estimate of drug-likeness (QED) is 0.302. The van der Waals surface area contributed by atoms with Gasteiger partial charge in [-0.05, 0) is 43.4 Å². The zero-order chi connectivity index (χ0) is 20.5. The van der Waals surface area contributed by atoms with E-state index in [2.05, 4.69) is 48.1 Å². The topological polar surface area (TPSA) is 55.3 Å². The second-order valence-corrected chi connectivity index (χ2v) is 7.58. The largest absolute Gasteiger partial charge is 0.497 e. The van der Waals surface area contributed by atoms with E-state index in [1.54, 1.807) is 14.2 Å². The summed E-state index contributed by atoms with van der Waals surface area (Å²) in [7, 11) is 5.24. The molecule has 1 fully saturated rings. The molecule has 29 heavy (non-hydrogen) atoms. The molecule has 6 nitrogen and oxygen atoms in total. The monoisotopic (exact) mass is 519 g/mol. The highest BCUT2D eigenvalue weighted by Crippen LogP contribution is 2.32. The summed E-state index contributed by atoms with van der Waals surface area (Å²) in [5, 5.41) is 3.52. The Morgan fingerprint density at radius 2 is 1.86 bits per heavy atom. The maximum absolute atomic E-state index is 5.85. The van der Waals surface area contributed by atoms with Crippen LogP contribution in [0.5, 0.6) is 11.5 Å². The summed E-state index contributed by atoms with van der Waals surface area (Å²) in [6, 6.07) is 6.14. The molecule has 1 aromatic rings. The maximum Gasteiger partial charge on any atom is 0.193 e. The van der Waals surface area contributed by atoms with Gasteiger partial charge in [-0.15, -0.1) is 24.0 Å². The SMILES string of the molecule is CCOC(CCNC(=NC)N1CCC(c2cc(OC)cc(OC)c2)C1)C(C)C.I. The molecule has 2 unspecified atom stereocenters. The second-order valence-electron chi connectivity index (χ2n) is 7.58. The van der Waals surface area contributed by atoms with Gasteiger partial charge in [0.15, 0.2) is 5.96 Å². The summed E-state index contributed by atoms with van der Waals surface area (Å²) in [6.07, 6.45) is 2.35. The van der Waals surface area contributed by atoms with Gasteiger partial charge < -0.3 is 24.4 Å². The number of hydrogen-bond acceptors (Lipinski definition) is 4. The van der Waals surface area contributed by atoms with Gasteiger partial charge in [0.25, 0.3) is 0 Å². The highest BCUT2D eigenvalue weighted by molar-refractivity contribution is 14.0. The zero-order valence-corrected chi connectivity index (χ0v) is 21.1. The average Bonchev–Trinajstić information content (AvgIpc) is 3.19. The van der Waals surface area contributed by atoms with Crippen LogP contribution in [-0.4, -0.2) is 64.5 Å². The van der Waals surface area contributed by atoms with Crippen LogP contribution in [0.15, 0.2) is 23.2 Å². The minimum atomic E-state index is 0. The Morgan fingerprint density at radius 1 is 1.21 bits per heavy atom. The third-order valence-corrected chi connectivity index (χ3v) is 5.38. The van der Waals surface area contributed by atoms with Crippen LogP contribution in [0.2, 0.25) is 0 Å². The van der Waals surface area contributed by atoms with Crippen LogP contribution in [-0.2, 0) is 4.74 Å². The molecule has 1 heterocycles. The van der Waals surface area contributed by atoms with Crippen LogP contribution in [0, 0.1) is 5.92 Å². The molecular formula is C22H38IN3O3. The minimum Gasteiger partial charge on any atom is -0.497 e. The van der Waals surface area contributed by atoms with Crippen molar-refractivity contribution in [2.75, 3.05) is 47.5 Å². The first-order chi connectivity index (χ1) is 13.5. The van der Waals surface area contributed by atoms with Gasteiger partial charge in [0.05, 0.1) is 20.3 Å². The molecule has 0 amide bonds. The number of guanidine groups is 1. The first kappa shape index (κ1) is 25.8. The van der Waals surface area contributed by atoms with Crippen molar-refractivity contribution in [3.63, 3.8) is 0 Å². The number of halogens is 1. The van der Waals surface area contributed by atoms with Crippen molar-refractivity contribution in [3.05, 3.63) is 23.8 Å². The Morgan fingerprint density at radius 3 is 2.38 bits per heavy atom. The molecule has 1 N–H and O–H groups in total. The lowest BCUT2D eigenvalue weighted by Gasteiger charge is -2.24. The van der Waals surface area contributed by atoms with E-state index in [0.717, 1.165) is 56.5 Å². The molecule has 1 aliphatic heterocycles. The van der Waals surface area contributed by atoms with Gasteiger partial charge >= 0.3 is 0 Å². The van der Waals surface area contributed by atoms with Crippen molar-refractivity contribution in [1.82, 2.24) is 10.2 Å². The average molecular weight is 519 g/mol. The molecule has 2 rings (SSSR count). The summed E-state index contributed by atoms with van der Waals surface area (Å²) in [6.45, 7) is 10.0. The van der Waals surface area contributed by atoms with E-state index in [1.807, 2.05) is 13.1 Å². The van der Waals surface area contributed by atoms with Crippen LogP contribution in [0.25, 0.3) is 0 Å². The number of nitrogens with zero attached hydrogens (tertiary/aromatic N) is 2. The number of nitrogens with one attached hydrogen (secondary N) is 1. The predicted molar refractivity (Wildman–Crippen MR) is 130 cm³/mol. The maximum atomic E-state index is 5.85. The molecule has 0 bridgehead atoms. The summed E-state index contributed by atoms with van der Waals surface area (Å²) >= 11 is 0. The van der Waals surface area contributed by atoms with Crippen LogP contribution >= 0.6 is 24.0 Å². The van der Waals surface area contributed by atoms with Gasteiger partial charge in [-0.2, -0.15) is 0 Å². The van der Waals surface area contributed by atoms with Crippen LogP contribution in [0.3, 0.4) is 0 Å². The lowest BCUT2D eigenvalue weighted by atomic mass is 9.98. The first-order valence-corrected chi connectivity index (χ1v) is 10.3. The molecule has 0 saturated carbocycles. The third kappa shape index (κ3) is 7.51. The Balaban J connectivity index is 0.00000420. The number of aliphatic imine (C=N–C) groups is 1. The van der Waals surface area contributed by atoms with Crippen LogP contribution < -0.4 is 14.8 Å². The Hall–Kier alpha value is -1.22. The molecule has 1 aromatic carbocycles. The number of ether oxygens (including phenoxy) is 3. The lowest BCUT2D eigenvalue weighted by molar-refractivity contribution is 0.0257. The lowest BCUT2D eigenvalue weighted by Crippen LogP contribution is -2.41. The second kappa shape index (κ2) is 13.2. The van der Waals surface area contributed by atoms with E-state index in [9.17, 15) is 0 Å². The minimum absolute atomic E-state index is 0. The van der Waals surface area contributed by atoms with Gasteiger partial charge in [-0.25, -0.2) is 0 Å². The molecule has 0 aromatic heterocycles. The molecule has 2 atom stereocenters. The summed E-state index contributed by atoms with van der Waals surface area (Å²) in [5.74, 6) is 3.60. The molecular weight excluding hydrogens is 481 g/mol. The number of hydrogen-bond donors (Lipinski definition) is 1.